The van der Waals surface area contributed by atoms with E-state index in [1.807, 2.05) is 11.8 Å². The van der Waals surface area contributed by atoms with Gasteiger partial charge in [0.25, 0.3) is 0 Å². The molecule has 0 aromatic rings. The lowest BCUT2D eigenvalue weighted by Gasteiger charge is -2.29. The molecule has 0 fully saturated rings. The number of methoxy groups -OCH3 is 1. The van der Waals surface area contributed by atoms with Gasteiger partial charge in [0, 0.05) is 20.2 Å². The van der Waals surface area contributed by atoms with E-state index in [0.29, 0.717) is 13.2 Å². The molecule has 0 saturated carbocycles. The second-order valence-corrected chi connectivity index (χ2v) is 3.64. The van der Waals surface area contributed by atoms with Crippen LogP contribution in [0.25, 0.3) is 0 Å². The normalized spacial score (nSPS) is 15.5. The number of nitrogens with two attached hydrogens (primary N) is 2. The van der Waals surface area contributed by atoms with Crippen LogP contribution >= 0.6 is 0 Å². The second kappa shape index (κ2) is 5.95. The van der Waals surface area contributed by atoms with E-state index in [1.54, 1.807) is 14.0 Å². The van der Waals surface area contributed by atoms with Crippen LogP contribution in [0.2, 0.25) is 0 Å². The van der Waals surface area contributed by atoms with Gasteiger partial charge < -0.3 is 16.2 Å². The third-order valence-corrected chi connectivity index (χ3v) is 2.17. The van der Waals surface area contributed by atoms with E-state index in [-0.39, 0.29) is 0 Å². The third-order valence-electron chi connectivity index (χ3n) is 2.17. The smallest absolute Gasteiger partial charge is 0.238 e. The molecule has 0 heterocycles. The third kappa shape index (κ3) is 4.55. The van der Waals surface area contributed by atoms with Gasteiger partial charge in [-0.15, -0.1) is 0 Å². The van der Waals surface area contributed by atoms with Crippen molar-refractivity contribution in [2.75, 3.05) is 33.4 Å². The summed E-state index contributed by atoms with van der Waals surface area (Å²) < 4.78 is 4.95. The molecular weight excluding hydrogens is 182 g/mol. The first-order chi connectivity index (χ1) is 6.44. The summed E-state index contributed by atoms with van der Waals surface area (Å²) in [5, 5.41) is 0. The van der Waals surface area contributed by atoms with Crippen molar-refractivity contribution in [1.29, 1.82) is 0 Å². The number of carbonyl (C=O) groups is 1. The Bertz CT molecular complexity index is 183. The highest BCUT2D eigenvalue weighted by atomic mass is 16.5. The predicted molar refractivity (Wildman–Crippen MR) is 55.8 cm³/mol. The number of hydrogen-bond acceptors (Lipinski definition) is 4. The Kier molecular flexibility index (Phi) is 5.68. The van der Waals surface area contributed by atoms with Crippen LogP contribution in [-0.4, -0.2) is 49.7 Å². The Balaban J connectivity index is 4.09. The Morgan fingerprint density at radius 2 is 2.14 bits per heavy atom. The molecule has 5 heteroatoms. The average Bonchev–Trinajstić information content (AvgIpc) is 2.11. The molecule has 0 spiro atoms. The maximum atomic E-state index is 11.0. The van der Waals surface area contributed by atoms with Crippen molar-refractivity contribution < 1.29 is 9.53 Å². The predicted octanol–water partition coefficient (Wildman–Crippen LogP) is -0.843. The molecule has 1 atom stereocenters. The first-order valence-corrected chi connectivity index (χ1v) is 4.74. The molecule has 1 amide bonds. The Morgan fingerprint density at radius 1 is 1.57 bits per heavy atom. The largest absolute Gasteiger partial charge is 0.383 e. The molecule has 84 valence electrons. The van der Waals surface area contributed by atoms with E-state index in [0.717, 1.165) is 13.1 Å². The fraction of sp³-hybridized carbons (Fsp3) is 0.889. The zero-order valence-corrected chi connectivity index (χ0v) is 9.25. The Hall–Kier alpha value is -0.650. The summed E-state index contributed by atoms with van der Waals surface area (Å²) in [6, 6.07) is 0. The zero-order chi connectivity index (χ0) is 11.2. The number of primary amides is 1. The number of likely N-dealkylation sites (N-methyl/N-ethyl adjacent to an activating group) is 1. The fourth-order valence-corrected chi connectivity index (χ4v) is 1.11. The molecule has 1 unspecified atom stereocenters. The molecule has 0 aromatic carbocycles. The molecule has 0 aliphatic rings. The highest BCUT2D eigenvalue weighted by molar-refractivity contribution is 5.84. The van der Waals surface area contributed by atoms with Crippen molar-refractivity contribution in [2.45, 2.75) is 19.4 Å². The quantitative estimate of drug-likeness (QED) is 0.565. The van der Waals surface area contributed by atoms with E-state index in [2.05, 4.69) is 0 Å². The van der Waals surface area contributed by atoms with Crippen molar-refractivity contribution >= 4 is 5.91 Å². The van der Waals surface area contributed by atoms with Crippen molar-refractivity contribution in [2.24, 2.45) is 11.5 Å². The van der Waals surface area contributed by atoms with Crippen LogP contribution in [0.5, 0.6) is 0 Å². The minimum Gasteiger partial charge on any atom is -0.383 e. The summed E-state index contributed by atoms with van der Waals surface area (Å²) in [5.41, 5.74) is 9.96. The molecule has 5 nitrogen and oxygen atoms in total. The van der Waals surface area contributed by atoms with Crippen LogP contribution in [0.15, 0.2) is 0 Å². The van der Waals surface area contributed by atoms with E-state index < -0.39 is 11.4 Å². The van der Waals surface area contributed by atoms with Crippen molar-refractivity contribution in [3.8, 4) is 0 Å². The highest BCUT2D eigenvalue weighted by Gasteiger charge is 2.27. The van der Waals surface area contributed by atoms with E-state index >= 15 is 0 Å². The first-order valence-electron chi connectivity index (χ1n) is 4.74. The van der Waals surface area contributed by atoms with Crippen LogP contribution in [0, 0.1) is 0 Å². The van der Waals surface area contributed by atoms with Crippen LogP contribution in [0.4, 0.5) is 0 Å². The van der Waals surface area contributed by atoms with Crippen LogP contribution in [0.1, 0.15) is 13.8 Å². The summed E-state index contributed by atoms with van der Waals surface area (Å²) in [7, 11) is 1.64. The summed E-state index contributed by atoms with van der Waals surface area (Å²) >= 11 is 0. The van der Waals surface area contributed by atoms with Gasteiger partial charge in [0.2, 0.25) is 5.91 Å². The molecule has 0 aromatic heterocycles. The summed E-state index contributed by atoms with van der Waals surface area (Å²) in [6.07, 6.45) is 0. The van der Waals surface area contributed by atoms with E-state index in [9.17, 15) is 4.79 Å². The topological polar surface area (TPSA) is 81.6 Å². The molecule has 0 radical (unpaired) electrons. The lowest BCUT2D eigenvalue weighted by atomic mass is 10.0. The molecular formula is C9H21N3O2. The standard InChI is InChI=1S/C9H21N3O2/c1-4-12(5-6-14-3)7-9(2,11)8(10)13/h4-7,11H2,1-3H3,(H2,10,13). The van der Waals surface area contributed by atoms with Crippen LogP contribution < -0.4 is 11.5 Å². The van der Waals surface area contributed by atoms with Gasteiger partial charge in [-0.2, -0.15) is 0 Å². The van der Waals surface area contributed by atoms with E-state index in [4.69, 9.17) is 16.2 Å². The lowest BCUT2D eigenvalue weighted by Crippen LogP contribution is -2.57. The molecule has 4 N–H and O–H groups in total. The number of ether oxygens (including phenoxy) is 1. The number of carbonyl (C=O) groups excluding carboxylic acids is 1. The Labute approximate surface area is 85.4 Å². The maximum Gasteiger partial charge on any atom is 0.238 e. The SMILES string of the molecule is CCN(CCOC)CC(C)(N)C(N)=O. The minimum atomic E-state index is -0.969. The summed E-state index contributed by atoms with van der Waals surface area (Å²) in [6.45, 7) is 6.32. The van der Waals surface area contributed by atoms with Gasteiger partial charge in [-0.1, -0.05) is 6.92 Å². The van der Waals surface area contributed by atoms with Gasteiger partial charge in [0.1, 0.15) is 5.54 Å². The summed E-state index contributed by atoms with van der Waals surface area (Å²) in [4.78, 5) is 13.0. The monoisotopic (exact) mass is 203 g/mol. The molecule has 0 aliphatic heterocycles. The molecule has 0 rings (SSSR count). The van der Waals surface area contributed by atoms with Crippen molar-refractivity contribution in [3.05, 3.63) is 0 Å². The molecule has 0 saturated heterocycles. The van der Waals surface area contributed by atoms with Gasteiger partial charge in [-0.05, 0) is 13.5 Å². The highest BCUT2D eigenvalue weighted by Crippen LogP contribution is 2.02. The van der Waals surface area contributed by atoms with Gasteiger partial charge in [0.05, 0.1) is 6.61 Å². The van der Waals surface area contributed by atoms with Crippen LogP contribution in [-0.2, 0) is 9.53 Å². The number of amides is 1. The average molecular weight is 203 g/mol. The fourth-order valence-electron chi connectivity index (χ4n) is 1.11. The van der Waals surface area contributed by atoms with Gasteiger partial charge >= 0.3 is 0 Å². The number of nitrogens with zero attached hydrogens (tertiary/aromatic N) is 1. The molecule has 14 heavy (non-hydrogen) atoms. The minimum absolute atomic E-state index is 0.461. The van der Waals surface area contributed by atoms with Gasteiger partial charge in [-0.3, -0.25) is 9.69 Å². The Morgan fingerprint density at radius 3 is 2.50 bits per heavy atom. The number of hydrogen-bond donors (Lipinski definition) is 2. The van der Waals surface area contributed by atoms with E-state index in [1.165, 1.54) is 0 Å². The van der Waals surface area contributed by atoms with Crippen molar-refractivity contribution in [3.63, 3.8) is 0 Å². The molecule has 0 aliphatic carbocycles. The number of rotatable bonds is 7. The molecule has 0 bridgehead atoms. The van der Waals surface area contributed by atoms with Gasteiger partial charge in [0.15, 0.2) is 0 Å². The van der Waals surface area contributed by atoms with Crippen molar-refractivity contribution in [1.82, 2.24) is 4.90 Å². The zero-order valence-electron chi connectivity index (χ0n) is 9.25. The van der Waals surface area contributed by atoms with Crippen LogP contribution in [0.3, 0.4) is 0 Å². The van der Waals surface area contributed by atoms with Gasteiger partial charge in [-0.25, -0.2) is 0 Å². The second-order valence-electron chi connectivity index (χ2n) is 3.64. The first kappa shape index (κ1) is 13.4. The maximum absolute atomic E-state index is 11.0. The summed E-state index contributed by atoms with van der Waals surface area (Å²) in [5.74, 6) is -0.478. The lowest BCUT2D eigenvalue weighted by molar-refractivity contribution is -0.123.